The van der Waals surface area contributed by atoms with Gasteiger partial charge in [-0.2, -0.15) is 0 Å². The number of aromatic nitrogens is 1. The lowest BCUT2D eigenvalue weighted by molar-refractivity contribution is 0.628. The van der Waals surface area contributed by atoms with Gasteiger partial charge in [-0.05, 0) is 35.2 Å². The van der Waals surface area contributed by atoms with Crippen LogP contribution in [0.1, 0.15) is 25.5 Å². The van der Waals surface area contributed by atoms with E-state index in [-0.39, 0.29) is 5.82 Å². The Labute approximate surface area is 131 Å². The molecule has 112 valence electrons. The number of hydrogen-bond acceptors (Lipinski definition) is 0. The van der Waals surface area contributed by atoms with Crippen LogP contribution in [0.5, 0.6) is 0 Å². The van der Waals surface area contributed by atoms with E-state index in [9.17, 15) is 4.39 Å². The van der Waals surface area contributed by atoms with Gasteiger partial charge < -0.3 is 4.57 Å². The highest BCUT2D eigenvalue weighted by atomic mass is 19.1. The summed E-state index contributed by atoms with van der Waals surface area (Å²) in [6.07, 6.45) is 0. The van der Waals surface area contributed by atoms with E-state index >= 15 is 0 Å². The number of rotatable bonds is 3. The minimum Gasteiger partial charge on any atom is -0.347 e. The van der Waals surface area contributed by atoms with Crippen LogP contribution in [-0.2, 0) is 7.05 Å². The van der Waals surface area contributed by atoms with Gasteiger partial charge in [-0.25, -0.2) is 4.39 Å². The summed E-state index contributed by atoms with van der Waals surface area (Å²) in [7, 11) is 2.10. The molecule has 1 aromatic heterocycles. The van der Waals surface area contributed by atoms with E-state index in [0.29, 0.717) is 5.92 Å². The van der Waals surface area contributed by atoms with E-state index in [1.807, 2.05) is 30.3 Å². The molecule has 0 amide bonds. The number of benzene rings is 2. The number of halogens is 1. The lowest BCUT2D eigenvalue weighted by Gasteiger charge is -2.11. The average Bonchev–Trinajstić information content (AvgIpc) is 2.86. The summed E-state index contributed by atoms with van der Waals surface area (Å²) in [5.41, 5.74) is 5.82. The average molecular weight is 293 g/mol. The minimum absolute atomic E-state index is 0.204. The number of hydrogen-bond donors (Lipinski definition) is 0. The molecule has 0 aliphatic heterocycles. The van der Waals surface area contributed by atoms with Crippen LogP contribution in [0.15, 0.2) is 60.7 Å². The quantitative estimate of drug-likeness (QED) is 0.590. The lowest BCUT2D eigenvalue weighted by Crippen LogP contribution is -2.00. The van der Waals surface area contributed by atoms with Gasteiger partial charge >= 0.3 is 0 Å². The molecule has 0 N–H and O–H groups in total. The predicted octanol–water partition coefficient (Wildman–Crippen LogP) is 5.62. The third-order valence-electron chi connectivity index (χ3n) is 4.06. The smallest absolute Gasteiger partial charge is 0.123 e. The highest BCUT2D eigenvalue weighted by Gasteiger charge is 2.17. The predicted molar refractivity (Wildman–Crippen MR) is 90.3 cm³/mol. The molecule has 0 aliphatic rings. The molecular formula is C20H20FN. The van der Waals surface area contributed by atoms with Gasteiger partial charge in [-0.1, -0.05) is 56.3 Å². The third kappa shape index (κ3) is 2.57. The molecule has 1 heterocycles. The maximum Gasteiger partial charge on any atom is 0.123 e. The van der Waals surface area contributed by atoms with Crippen LogP contribution in [0.25, 0.3) is 22.4 Å². The Hall–Kier alpha value is -2.35. The number of nitrogens with zero attached hydrogens (tertiary/aromatic N) is 1. The molecule has 2 aromatic carbocycles. The van der Waals surface area contributed by atoms with E-state index in [4.69, 9.17) is 0 Å². The maximum absolute atomic E-state index is 13.2. The first-order valence-electron chi connectivity index (χ1n) is 7.59. The van der Waals surface area contributed by atoms with E-state index in [1.165, 1.54) is 29.1 Å². The fourth-order valence-electron chi connectivity index (χ4n) is 2.97. The summed E-state index contributed by atoms with van der Waals surface area (Å²) >= 11 is 0. The summed E-state index contributed by atoms with van der Waals surface area (Å²) in [4.78, 5) is 0. The summed E-state index contributed by atoms with van der Waals surface area (Å²) < 4.78 is 15.5. The van der Waals surface area contributed by atoms with Gasteiger partial charge in [0.25, 0.3) is 0 Å². The molecule has 22 heavy (non-hydrogen) atoms. The van der Waals surface area contributed by atoms with Gasteiger partial charge in [-0.3, -0.25) is 0 Å². The van der Waals surface area contributed by atoms with Crippen molar-refractivity contribution in [3.63, 3.8) is 0 Å². The third-order valence-corrected chi connectivity index (χ3v) is 4.06. The molecule has 0 aliphatic carbocycles. The highest BCUT2D eigenvalue weighted by molar-refractivity contribution is 5.82. The van der Waals surface area contributed by atoms with Crippen LogP contribution < -0.4 is 0 Å². The Morgan fingerprint density at radius 3 is 2.09 bits per heavy atom. The maximum atomic E-state index is 13.2. The molecule has 0 bridgehead atoms. The summed E-state index contributed by atoms with van der Waals surface area (Å²) in [5, 5.41) is 0. The van der Waals surface area contributed by atoms with Crippen LogP contribution in [0, 0.1) is 5.82 Å². The molecule has 1 nitrogen and oxygen atoms in total. The standard InChI is InChI=1S/C20H20FN/c1-14(2)19-13-18(15-9-11-17(21)12-10-15)20(22(19)3)16-7-5-4-6-8-16/h4-14H,1-3H3. The molecule has 0 saturated heterocycles. The SMILES string of the molecule is CC(C)c1cc(-c2ccc(F)cc2)c(-c2ccccc2)n1C. The molecular weight excluding hydrogens is 273 g/mol. The van der Waals surface area contributed by atoms with Crippen molar-refractivity contribution in [1.29, 1.82) is 0 Å². The Kier molecular flexibility index (Phi) is 3.84. The molecule has 0 saturated carbocycles. The van der Waals surface area contributed by atoms with Gasteiger partial charge in [0, 0.05) is 18.3 Å². The zero-order chi connectivity index (χ0) is 15.7. The second kappa shape index (κ2) is 5.80. The van der Waals surface area contributed by atoms with E-state index in [2.05, 4.69) is 43.7 Å². The van der Waals surface area contributed by atoms with Gasteiger partial charge in [-0.15, -0.1) is 0 Å². The second-order valence-electron chi connectivity index (χ2n) is 5.92. The molecule has 0 fully saturated rings. The van der Waals surface area contributed by atoms with Crippen LogP contribution in [0.2, 0.25) is 0 Å². The van der Waals surface area contributed by atoms with Crippen LogP contribution in [-0.4, -0.2) is 4.57 Å². The monoisotopic (exact) mass is 293 g/mol. The Morgan fingerprint density at radius 1 is 0.864 bits per heavy atom. The zero-order valence-corrected chi connectivity index (χ0v) is 13.2. The fraction of sp³-hybridized carbons (Fsp3) is 0.200. The Balaban J connectivity index is 2.24. The zero-order valence-electron chi connectivity index (χ0n) is 13.2. The van der Waals surface area contributed by atoms with Gasteiger partial charge in [0.1, 0.15) is 5.82 Å². The van der Waals surface area contributed by atoms with Crippen molar-refractivity contribution in [1.82, 2.24) is 4.57 Å². The molecule has 0 atom stereocenters. The van der Waals surface area contributed by atoms with Crippen LogP contribution >= 0.6 is 0 Å². The normalized spacial score (nSPS) is 11.1. The molecule has 3 aromatic rings. The minimum atomic E-state index is -0.204. The Bertz CT molecular complexity index is 767. The Morgan fingerprint density at radius 2 is 1.50 bits per heavy atom. The van der Waals surface area contributed by atoms with Crippen molar-refractivity contribution in [3.05, 3.63) is 72.2 Å². The molecule has 3 rings (SSSR count). The molecule has 2 heteroatoms. The summed E-state index contributed by atoms with van der Waals surface area (Å²) in [5.74, 6) is 0.228. The van der Waals surface area contributed by atoms with E-state index in [1.54, 1.807) is 0 Å². The second-order valence-corrected chi connectivity index (χ2v) is 5.92. The largest absolute Gasteiger partial charge is 0.347 e. The first-order valence-corrected chi connectivity index (χ1v) is 7.59. The van der Waals surface area contributed by atoms with Crippen molar-refractivity contribution < 1.29 is 4.39 Å². The summed E-state index contributed by atoms with van der Waals surface area (Å²) in [6, 6.07) is 19.3. The van der Waals surface area contributed by atoms with Crippen LogP contribution in [0.4, 0.5) is 4.39 Å². The van der Waals surface area contributed by atoms with Gasteiger partial charge in [0.15, 0.2) is 0 Å². The molecule has 0 unspecified atom stereocenters. The first kappa shape index (κ1) is 14.6. The van der Waals surface area contributed by atoms with E-state index in [0.717, 1.165) is 11.1 Å². The van der Waals surface area contributed by atoms with Crippen LogP contribution in [0.3, 0.4) is 0 Å². The van der Waals surface area contributed by atoms with Crippen molar-refractivity contribution in [2.24, 2.45) is 7.05 Å². The summed E-state index contributed by atoms with van der Waals surface area (Å²) in [6.45, 7) is 4.39. The van der Waals surface area contributed by atoms with Crippen molar-refractivity contribution in [3.8, 4) is 22.4 Å². The van der Waals surface area contributed by atoms with Crippen molar-refractivity contribution in [2.45, 2.75) is 19.8 Å². The van der Waals surface area contributed by atoms with Crippen molar-refractivity contribution in [2.75, 3.05) is 0 Å². The van der Waals surface area contributed by atoms with E-state index < -0.39 is 0 Å². The lowest BCUT2D eigenvalue weighted by atomic mass is 10.0. The highest BCUT2D eigenvalue weighted by Crippen LogP contribution is 2.36. The topological polar surface area (TPSA) is 4.93 Å². The first-order chi connectivity index (χ1) is 10.6. The van der Waals surface area contributed by atoms with Crippen molar-refractivity contribution >= 4 is 0 Å². The molecule has 0 spiro atoms. The van der Waals surface area contributed by atoms with Gasteiger partial charge in [0.05, 0.1) is 5.69 Å². The van der Waals surface area contributed by atoms with Gasteiger partial charge in [0.2, 0.25) is 0 Å². The molecule has 0 radical (unpaired) electrons. The fourth-order valence-corrected chi connectivity index (χ4v) is 2.97.